The van der Waals surface area contributed by atoms with E-state index >= 15 is 0 Å². The van der Waals surface area contributed by atoms with Crippen molar-refractivity contribution >= 4 is 10.9 Å². The van der Waals surface area contributed by atoms with Gasteiger partial charge in [-0.15, -0.1) is 0 Å². The second kappa shape index (κ2) is 7.37. The minimum atomic E-state index is -0.0574. The third-order valence-electron chi connectivity index (χ3n) is 5.63. The van der Waals surface area contributed by atoms with Gasteiger partial charge in [-0.05, 0) is 31.5 Å². The first-order chi connectivity index (χ1) is 14.6. The summed E-state index contributed by atoms with van der Waals surface area (Å²) >= 11 is 0. The zero-order valence-electron chi connectivity index (χ0n) is 16.9. The van der Waals surface area contributed by atoms with Gasteiger partial charge in [0.1, 0.15) is 5.82 Å². The van der Waals surface area contributed by atoms with Gasteiger partial charge >= 0.3 is 0 Å². The Labute approximate surface area is 174 Å². The van der Waals surface area contributed by atoms with Crippen LogP contribution in [-0.2, 0) is 7.05 Å². The van der Waals surface area contributed by atoms with Crippen LogP contribution in [0.3, 0.4) is 0 Å². The summed E-state index contributed by atoms with van der Waals surface area (Å²) in [4.78, 5) is 25.4. The molecule has 6 nitrogen and oxygen atoms in total. The molecule has 0 N–H and O–H groups in total. The molecule has 1 fully saturated rings. The molecule has 3 heterocycles. The van der Waals surface area contributed by atoms with Crippen LogP contribution in [-0.4, -0.2) is 26.1 Å². The fourth-order valence-corrected chi connectivity index (χ4v) is 3.78. The molecule has 5 rings (SSSR count). The monoisotopic (exact) mass is 398 g/mol. The third-order valence-corrected chi connectivity index (χ3v) is 5.63. The summed E-state index contributed by atoms with van der Waals surface area (Å²) in [5.74, 6) is 2.04. The molecule has 30 heavy (non-hydrogen) atoms. The summed E-state index contributed by atoms with van der Waals surface area (Å²) in [6, 6.07) is 15.8. The summed E-state index contributed by atoms with van der Waals surface area (Å²) in [5.41, 5.74) is 3.75. The number of nitrogens with zero attached hydrogens (tertiary/aromatic N) is 4. The van der Waals surface area contributed by atoms with Crippen LogP contribution in [0.4, 0.5) is 0 Å². The van der Waals surface area contributed by atoms with Gasteiger partial charge < -0.3 is 9.30 Å². The van der Waals surface area contributed by atoms with Crippen molar-refractivity contribution in [1.29, 1.82) is 0 Å². The lowest BCUT2D eigenvalue weighted by Gasteiger charge is -2.11. The minimum absolute atomic E-state index is 0.0574. The molecule has 6 heteroatoms. The third kappa shape index (κ3) is 3.56. The van der Waals surface area contributed by atoms with Crippen molar-refractivity contribution in [3.05, 3.63) is 82.8 Å². The standard InChI is InChI=1S/C24H22N4O2/c1-15-25-12-20(17-8-10-23(29)28(2)13-17)24(26-15)30-14-18-11-19(18)22-9-7-16-5-3-4-6-21(16)27-22/h3-10,12-13,18-19H,11,14H2,1-2H3/t18?,19-/m0/s1. The number of fused-ring (bicyclic) bond motifs is 1. The first-order valence-electron chi connectivity index (χ1n) is 10.1. The number of aryl methyl sites for hydroxylation is 2. The number of pyridine rings is 2. The highest BCUT2D eigenvalue weighted by atomic mass is 16.5. The Morgan fingerprint density at radius 1 is 1.10 bits per heavy atom. The molecule has 3 aromatic heterocycles. The molecule has 0 bridgehead atoms. The lowest BCUT2D eigenvalue weighted by atomic mass is 10.1. The van der Waals surface area contributed by atoms with Crippen molar-refractivity contribution in [1.82, 2.24) is 19.5 Å². The van der Waals surface area contributed by atoms with Crippen molar-refractivity contribution < 1.29 is 4.74 Å². The van der Waals surface area contributed by atoms with Gasteiger partial charge in [0, 0.05) is 54.0 Å². The molecule has 0 aliphatic heterocycles. The maximum absolute atomic E-state index is 11.7. The quantitative estimate of drug-likeness (QED) is 0.510. The molecule has 1 aliphatic carbocycles. The van der Waals surface area contributed by atoms with Crippen molar-refractivity contribution in [3.8, 4) is 17.0 Å². The van der Waals surface area contributed by atoms with Gasteiger partial charge in [0.25, 0.3) is 0 Å². The van der Waals surface area contributed by atoms with E-state index in [4.69, 9.17) is 9.72 Å². The first-order valence-corrected chi connectivity index (χ1v) is 10.1. The molecular weight excluding hydrogens is 376 g/mol. The molecule has 0 radical (unpaired) electrons. The number of hydrogen-bond donors (Lipinski definition) is 0. The predicted octanol–water partition coefficient (Wildman–Crippen LogP) is 3.88. The highest BCUT2D eigenvalue weighted by Gasteiger charge is 2.40. The first kappa shape index (κ1) is 18.5. The number of ether oxygens (including phenoxy) is 1. The Morgan fingerprint density at radius 2 is 1.97 bits per heavy atom. The smallest absolute Gasteiger partial charge is 0.250 e. The molecule has 1 saturated carbocycles. The second-order valence-corrected chi connectivity index (χ2v) is 7.85. The number of aromatic nitrogens is 4. The summed E-state index contributed by atoms with van der Waals surface area (Å²) in [6.07, 6.45) is 4.60. The van der Waals surface area contributed by atoms with Gasteiger partial charge in [0.05, 0.1) is 17.7 Å². The molecule has 1 aromatic carbocycles. The maximum Gasteiger partial charge on any atom is 0.250 e. The van der Waals surface area contributed by atoms with E-state index in [-0.39, 0.29) is 5.56 Å². The highest BCUT2D eigenvalue weighted by molar-refractivity contribution is 5.78. The lowest BCUT2D eigenvalue weighted by molar-refractivity contribution is 0.285. The molecule has 0 amide bonds. The average molecular weight is 398 g/mol. The average Bonchev–Trinajstić information content (AvgIpc) is 3.54. The zero-order valence-corrected chi connectivity index (χ0v) is 16.9. The number of para-hydroxylation sites is 1. The number of hydrogen-bond acceptors (Lipinski definition) is 5. The highest BCUT2D eigenvalue weighted by Crippen LogP contribution is 2.47. The topological polar surface area (TPSA) is 69.9 Å². The van der Waals surface area contributed by atoms with Crippen molar-refractivity contribution in [2.24, 2.45) is 13.0 Å². The van der Waals surface area contributed by atoms with Gasteiger partial charge in [-0.25, -0.2) is 4.98 Å². The van der Waals surface area contributed by atoms with Gasteiger partial charge in [0.2, 0.25) is 11.4 Å². The lowest BCUT2D eigenvalue weighted by Crippen LogP contribution is -2.14. The van der Waals surface area contributed by atoms with Gasteiger partial charge in [-0.2, -0.15) is 4.98 Å². The largest absolute Gasteiger partial charge is 0.477 e. The van der Waals surface area contributed by atoms with E-state index in [9.17, 15) is 4.79 Å². The fraction of sp³-hybridized carbons (Fsp3) is 0.250. The summed E-state index contributed by atoms with van der Waals surface area (Å²) in [7, 11) is 1.73. The molecule has 2 atom stereocenters. The second-order valence-electron chi connectivity index (χ2n) is 7.85. The van der Waals surface area contributed by atoms with Gasteiger partial charge in [-0.3, -0.25) is 9.78 Å². The molecule has 1 aliphatic rings. The van der Waals surface area contributed by atoms with Gasteiger partial charge in [0.15, 0.2) is 0 Å². The van der Waals surface area contributed by atoms with Gasteiger partial charge in [-0.1, -0.05) is 24.3 Å². The van der Waals surface area contributed by atoms with E-state index in [1.165, 1.54) is 0 Å². The van der Waals surface area contributed by atoms with Crippen LogP contribution in [0.1, 0.15) is 23.9 Å². The number of rotatable bonds is 5. The molecular formula is C24H22N4O2. The van der Waals surface area contributed by atoms with Crippen LogP contribution in [0.2, 0.25) is 0 Å². The van der Waals surface area contributed by atoms with Crippen LogP contribution in [0.25, 0.3) is 22.0 Å². The summed E-state index contributed by atoms with van der Waals surface area (Å²) in [6.45, 7) is 2.42. The SMILES string of the molecule is Cc1ncc(-c2ccc(=O)n(C)c2)c(OCC2C[C@@H]2c2ccc3ccccc3n2)n1. The summed E-state index contributed by atoms with van der Waals surface area (Å²) in [5, 5.41) is 1.16. The van der Waals surface area contributed by atoms with E-state index in [1.54, 1.807) is 36.1 Å². The normalized spacial score (nSPS) is 17.8. The molecule has 0 spiro atoms. The van der Waals surface area contributed by atoms with E-state index in [2.05, 4.69) is 34.2 Å². The van der Waals surface area contributed by atoms with E-state index in [0.717, 1.165) is 34.1 Å². The number of benzene rings is 1. The van der Waals surface area contributed by atoms with Crippen LogP contribution in [0.5, 0.6) is 5.88 Å². The van der Waals surface area contributed by atoms with Crippen molar-refractivity contribution in [2.45, 2.75) is 19.3 Å². The van der Waals surface area contributed by atoms with Crippen molar-refractivity contribution in [2.75, 3.05) is 6.61 Å². The fourth-order valence-electron chi connectivity index (χ4n) is 3.78. The zero-order chi connectivity index (χ0) is 20.7. The Morgan fingerprint density at radius 3 is 2.83 bits per heavy atom. The predicted molar refractivity (Wildman–Crippen MR) is 116 cm³/mol. The van der Waals surface area contributed by atoms with E-state index < -0.39 is 0 Å². The van der Waals surface area contributed by atoms with Crippen LogP contribution in [0, 0.1) is 12.8 Å². The Balaban J connectivity index is 1.33. The Bertz CT molecular complexity index is 1300. The van der Waals surface area contributed by atoms with Crippen LogP contribution in [0.15, 0.2) is 65.7 Å². The van der Waals surface area contributed by atoms with Crippen molar-refractivity contribution in [3.63, 3.8) is 0 Å². The molecule has 4 aromatic rings. The summed E-state index contributed by atoms with van der Waals surface area (Å²) < 4.78 is 7.68. The van der Waals surface area contributed by atoms with E-state index in [0.29, 0.717) is 30.1 Å². The molecule has 1 unspecified atom stereocenters. The van der Waals surface area contributed by atoms with E-state index in [1.807, 2.05) is 19.1 Å². The van der Waals surface area contributed by atoms with Crippen LogP contribution >= 0.6 is 0 Å². The Hall–Kier alpha value is -3.54. The van der Waals surface area contributed by atoms with Crippen LogP contribution < -0.4 is 10.3 Å². The minimum Gasteiger partial charge on any atom is -0.477 e. The Kier molecular flexibility index (Phi) is 4.54. The molecule has 150 valence electrons. The molecule has 0 saturated heterocycles. The maximum atomic E-state index is 11.7.